The smallest absolute Gasteiger partial charge is 0.328 e. The molecule has 1 heterocycles. The van der Waals surface area contributed by atoms with Crippen LogP contribution in [0.2, 0.25) is 5.02 Å². The van der Waals surface area contributed by atoms with Crippen molar-refractivity contribution < 1.29 is 13.9 Å². The van der Waals surface area contributed by atoms with Gasteiger partial charge in [0.1, 0.15) is 11.9 Å². The van der Waals surface area contributed by atoms with Crippen molar-refractivity contribution >= 4 is 39.2 Å². The maximum atomic E-state index is 13.1. The Morgan fingerprint density at radius 1 is 1.65 bits per heavy atom. The fraction of sp³-hybridized carbons (Fsp3) is 0.364. The van der Waals surface area contributed by atoms with E-state index in [1.54, 1.807) is 4.90 Å². The highest BCUT2D eigenvalue weighted by Crippen LogP contribution is 2.39. The van der Waals surface area contributed by atoms with Gasteiger partial charge in [-0.3, -0.25) is 0 Å². The van der Waals surface area contributed by atoms with Crippen molar-refractivity contribution in [3.8, 4) is 0 Å². The number of esters is 1. The molecular weight excluding hydrogens is 312 g/mol. The van der Waals surface area contributed by atoms with E-state index in [1.165, 1.54) is 19.2 Å². The van der Waals surface area contributed by atoms with Crippen LogP contribution in [-0.4, -0.2) is 25.7 Å². The van der Waals surface area contributed by atoms with Gasteiger partial charge in [-0.05, 0) is 34.5 Å². The van der Waals surface area contributed by atoms with Gasteiger partial charge in [-0.25, -0.2) is 9.18 Å². The standard InChI is InChI=1S/C11H10BrClFNO2/c1-17-11(16)9-2-3-15(9)10-7(12)4-6(14)5-8(10)13/h4-5,9H,2-3H2,1H3. The largest absolute Gasteiger partial charge is 0.467 e. The zero-order valence-electron chi connectivity index (χ0n) is 9.04. The molecule has 1 saturated heterocycles. The van der Waals surface area contributed by atoms with E-state index >= 15 is 0 Å². The van der Waals surface area contributed by atoms with Crippen LogP contribution in [0, 0.1) is 5.82 Å². The maximum absolute atomic E-state index is 13.1. The van der Waals surface area contributed by atoms with Gasteiger partial charge >= 0.3 is 5.97 Å². The molecule has 0 bridgehead atoms. The maximum Gasteiger partial charge on any atom is 0.328 e. The molecule has 1 atom stereocenters. The summed E-state index contributed by atoms with van der Waals surface area (Å²) in [5, 5.41) is 0.283. The van der Waals surface area contributed by atoms with E-state index in [-0.39, 0.29) is 17.0 Å². The van der Waals surface area contributed by atoms with Gasteiger partial charge in [0.05, 0.1) is 17.8 Å². The Morgan fingerprint density at radius 3 is 2.82 bits per heavy atom. The van der Waals surface area contributed by atoms with Crippen molar-refractivity contribution in [3.05, 3.63) is 27.4 Å². The lowest BCUT2D eigenvalue weighted by molar-refractivity contribution is -0.143. The molecule has 2 rings (SSSR count). The van der Waals surface area contributed by atoms with Crippen molar-refractivity contribution in [1.82, 2.24) is 0 Å². The third-order valence-corrected chi connectivity index (χ3v) is 3.65. The van der Waals surface area contributed by atoms with E-state index in [0.717, 1.165) is 0 Å². The van der Waals surface area contributed by atoms with E-state index in [4.69, 9.17) is 16.3 Å². The lowest BCUT2D eigenvalue weighted by Crippen LogP contribution is -2.53. The fourth-order valence-corrected chi connectivity index (χ4v) is 2.93. The molecule has 0 saturated carbocycles. The molecule has 1 fully saturated rings. The topological polar surface area (TPSA) is 29.5 Å². The first-order chi connectivity index (χ1) is 8.04. The van der Waals surface area contributed by atoms with Crippen molar-refractivity contribution in [1.29, 1.82) is 0 Å². The molecule has 0 radical (unpaired) electrons. The number of nitrogens with zero attached hydrogens (tertiary/aromatic N) is 1. The molecule has 92 valence electrons. The molecule has 1 aliphatic rings. The molecule has 3 nitrogen and oxygen atoms in total. The normalized spacial score (nSPS) is 18.8. The Morgan fingerprint density at radius 2 is 2.35 bits per heavy atom. The highest BCUT2D eigenvalue weighted by atomic mass is 79.9. The molecule has 1 aliphatic heterocycles. The summed E-state index contributed by atoms with van der Waals surface area (Å²) in [7, 11) is 1.35. The molecule has 6 heteroatoms. The number of benzene rings is 1. The molecule has 0 aliphatic carbocycles. The monoisotopic (exact) mass is 321 g/mol. The van der Waals surface area contributed by atoms with Gasteiger partial charge in [-0.15, -0.1) is 0 Å². The molecule has 1 unspecified atom stereocenters. The van der Waals surface area contributed by atoms with Crippen LogP contribution in [0.5, 0.6) is 0 Å². The van der Waals surface area contributed by atoms with Gasteiger partial charge in [0.15, 0.2) is 0 Å². The second-order valence-corrected chi connectivity index (χ2v) is 5.00. The van der Waals surface area contributed by atoms with Gasteiger partial charge in [0.25, 0.3) is 0 Å². The van der Waals surface area contributed by atoms with Crippen molar-refractivity contribution in [2.45, 2.75) is 12.5 Å². The number of rotatable bonds is 2. The Hall–Kier alpha value is -0.810. The third kappa shape index (κ3) is 2.26. The summed E-state index contributed by atoms with van der Waals surface area (Å²) in [5.41, 5.74) is 0.634. The summed E-state index contributed by atoms with van der Waals surface area (Å²) in [4.78, 5) is 13.3. The Bertz CT molecular complexity index is 446. The first-order valence-electron chi connectivity index (χ1n) is 5.03. The van der Waals surface area contributed by atoms with Crippen molar-refractivity contribution in [3.63, 3.8) is 0 Å². The number of hydrogen-bond donors (Lipinski definition) is 0. The first kappa shape index (κ1) is 12.6. The molecule has 0 N–H and O–H groups in total. The van der Waals surface area contributed by atoms with Crippen molar-refractivity contribution in [2.24, 2.45) is 0 Å². The van der Waals surface area contributed by atoms with E-state index in [9.17, 15) is 9.18 Å². The van der Waals surface area contributed by atoms with Crippen LogP contribution in [0.4, 0.5) is 10.1 Å². The number of ether oxygens (including phenoxy) is 1. The van der Waals surface area contributed by atoms with Gasteiger partial charge in [-0.2, -0.15) is 0 Å². The lowest BCUT2D eigenvalue weighted by Gasteiger charge is -2.41. The van der Waals surface area contributed by atoms with Crippen LogP contribution in [-0.2, 0) is 9.53 Å². The van der Waals surface area contributed by atoms with E-state index in [2.05, 4.69) is 15.9 Å². The minimum Gasteiger partial charge on any atom is -0.467 e. The van der Waals surface area contributed by atoms with Gasteiger partial charge in [0, 0.05) is 11.0 Å². The summed E-state index contributed by atoms with van der Waals surface area (Å²) in [6, 6.07) is 2.22. The van der Waals surface area contributed by atoms with Crippen LogP contribution in [0.25, 0.3) is 0 Å². The lowest BCUT2D eigenvalue weighted by atomic mass is 10.0. The van der Waals surface area contributed by atoms with Crippen LogP contribution < -0.4 is 4.90 Å². The summed E-state index contributed by atoms with van der Waals surface area (Å²) in [5.74, 6) is -0.718. The highest BCUT2D eigenvalue weighted by Gasteiger charge is 2.37. The third-order valence-electron chi connectivity index (χ3n) is 2.76. The number of hydrogen-bond acceptors (Lipinski definition) is 3. The number of carbonyl (C=O) groups excluding carboxylic acids is 1. The van der Waals surface area contributed by atoms with Crippen LogP contribution in [0.3, 0.4) is 0 Å². The van der Waals surface area contributed by atoms with E-state index in [1.807, 2.05) is 0 Å². The Balaban J connectivity index is 2.32. The number of anilines is 1. The van der Waals surface area contributed by atoms with Gasteiger partial charge in [0.2, 0.25) is 0 Å². The molecule has 1 aromatic rings. The molecule has 0 amide bonds. The highest BCUT2D eigenvalue weighted by molar-refractivity contribution is 9.10. The van der Waals surface area contributed by atoms with Crippen LogP contribution >= 0.6 is 27.5 Å². The summed E-state index contributed by atoms with van der Waals surface area (Å²) >= 11 is 9.25. The van der Waals surface area contributed by atoms with Gasteiger partial charge in [-0.1, -0.05) is 11.6 Å². The zero-order chi connectivity index (χ0) is 12.6. The predicted octanol–water partition coefficient (Wildman–Crippen LogP) is 2.99. The second-order valence-electron chi connectivity index (χ2n) is 3.74. The SMILES string of the molecule is COC(=O)C1CCN1c1c(Cl)cc(F)cc1Br. The second kappa shape index (κ2) is 4.82. The summed E-state index contributed by atoms with van der Waals surface area (Å²) in [6.45, 7) is 0.698. The molecular formula is C11H10BrClFNO2. The first-order valence-corrected chi connectivity index (χ1v) is 6.20. The summed E-state index contributed by atoms with van der Waals surface area (Å²) < 4.78 is 18.3. The molecule has 17 heavy (non-hydrogen) atoms. The van der Waals surface area contributed by atoms with E-state index < -0.39 is 5.82 Å². The number of halogens is 3. The zero-order valence-corrected chi connectivity index (χ0v) is 11.4. The molecule has 0 aromatic heterocycles. The minimum atomic E-state index is -0.416. The Kier molecular flexibility index (Phi) is 3.58. The number of methoxy groups -OCH3 is 1. The Labute approximate surface area is 112 Å². The molecule has 1 aromatic carbocycles. The molecule has 0 spiro atoms. The van der Waals surface area contributed by atoms with Crippen LogP contribution in [0.1, 0.15) is 6.42 Å². The predicted molar refractivity (Wildman–Crippen MR) is 66.9 cm³/mol. The number of carbonyl (C=O) groups is 1. The average molecular weight is 323 g/mol. The minimum absolute atomic E-state index is 0.283. The van der Waals surface area contributed by atoms with Gasteiger partial charge < -0.3 is 9.64 Å². The van der Waals surface area contributed by atoms with E-state index in [0.29, 0.717) is 23.1 Å². The quantitative estimate of drug-likeness (QED) is 0.784. The average Bonchev–Trinajstić information content (AvgIpc) is 2.21. The van der Waals surface area contributed by atoms with Crippen LogP contribution in [0.15, 0.2) is 16.6 Å². The van der Waals surface area contributed by atoms with Crippen molar-refractivity contribution in [2.75, 3.05) is 18.6 Å². The summed E-state index contributed by atoms with van der Waals surface area (Å²) in [6.07, 6.45) is 0.715. The fourth-order valence-electron chi connectivity index (χ4n) is 1.85.